The summed E-state index contributed by atoms with van der Waals surface area (Å²) >= 11 is 1.64. The number of thioether (sulfide) groups is 1. The fourth-order valence-electron chi connectivity index (χ4n) is 3.04. The number of carbonyl (C=O) groups is 1. The topological polar surface area (TPSA) is 60.3 Å². The number of benzene rings is 2. The Morgan fingerprint density at radius 3 is 2.74 bits per heavy atom. The molecule has 2 heterocycles. The number of hydrogen-bond acceptors (Lipinski definition) is 5. The van der Waals surface area contributed by atoms with E-state index in [1.54, 1.807) is 34.9 Å². The van der Waals surface area contributed by atoms with Crippen LogP contribution < -0.4 is 4.90 Å². The molecule has 0 unspecified atom stereocenters. The van der Waals surface area contributed by atoms with E-state index >= 15 is 0 Å². The Kier molecular flexibility index (Phi) is 4.81. The molecule has 0 N–H and O–H groups in total. The maximum atomic E-state index is 14.7. The van der Waals surface area contributed by atoms with E-state index in [1.807, 2.05) is 30.5 Å². The Hall–Kier alpha value is -2.87. The normalized spacial score (nSPS) is 16.6. The lowest BCUT2D eigenvalue weighted by molar-refractivity contribution is 0.129. The van der Waals surface area contributed by atoms with E-state index < -0.39 is 6.09 Å². The Morgan fingerprint density at radius 1 is 1.26 bits per heavy atom. The summed E-state index contributed by atoms with van der Waals surface area (Å²) in [6.45, 7) is 0.741. The first-order chi connectivity index (χ1) is 13.1. The minimum Gasteiger partial charge on any atom is -0.442 e. The van der Waals surface area contributed by atoms with Crippen molar-refractivity contribution in [3.05, 3.63) is 60.9 Å². The summed E-state index contributed by atoms with van der Waals surface area (Å²) < 4.78 is 21.7. The number of cyclic esters (lactones) is 1. The molecule has 1 saturated heterocycles. The third kappa shape index (κ3) is 3.66. The predicted molar refractivity (Wildman–Crippen MR) is 101 cm³/mol. The number of carbonyl (C=O) groups excluding carboxylic acids is 1. The first-order valence-electron chi connectivity index (χ1n) is 8.38. The lowest BCUT2D eigenvalue weighted by Crippen LogP contribution is -2.26. The van der Waals surface area contributed by atoms with Gasteiger partial charge in [-0.2, -0.15) is 5.10 Å². The Labute approximate surface area is 160 Å². The van der Waals surface area contributed by atoms with Gasteiger partial charge < -0.3 is 4.74 Å². The third-order valence-electron chi connectivity index (χ3n) is 4.40. The molecule has 1 amide bonds. The molecule has 0 bridgehead atoms. The van der Waals surface area contributed by atoms with E-state index in [1.165, 1.54) is 17.3 Å². The molecular formula is C19H17FN4O2S. The lowest BCUT2D eigenvalue weighted by Gasteiger charge is -2.14. The van der Waals surface area contributed by atoms with Crippen LogP contribution in [-0.2, 0) is 11.3 Å². The number of anilines is 1. The molecule has 6 nitrogen and oxygen atoms in total. The van der Waals surface area contributed by atoms with Crippen molar-refractivity contribution in [2.45, 2.75) is 17.5 Å². The summed E-state index contributed by atoms with van der Waals surface area (Å²) in [4.78, 5) is 18.6. The fraction of sp³-hybridized carbons (Fsp3) is 0.211. The molecule has 3 aromatic rings. The van der Waals surface area contributed by atoms with Gasteiger partial charge in [-0.25, -0.2) is 18.9 Å². The number of nitrogens with zero attached hydrogens (tertiary/aromatic N) is 4. The van der Waals surface area contributed by atoms with Gasteiger partial charge in [-0.3, -0.25) is 4.90 Å². The number of aromatic nitrogens is 3. The highest BCUT2D eigenvalue weighted by atomic mass is 32.2. The second-order valence-corrected chi connectivity index (χ2v) is 7.01. The quantitative estimate of drug-likeness (QED) is 0.626. The Bertz CT molecular complexity index is 947. The Balaban J connectivity index is 1.52. The molecule has 0 spiro atoms. The minimum absolute atomic E-state index is 0.333. The van der Waals surface area contributed by atoms with Crippen LogP contribution in [0.2, 0.25) is 0 Å². The summed E-state index contributed by atoms with van der Waals surface area (Å²) in [7, 11) is 0. The number of ether oxygens (including phenoxy) is 1. The third-order valence-corrected chi connectivity index (χ3v) is 5.14. The molecule has 0 saturated carbocycles. The van der Waals surface area contributed by atoms with Gasteiger partial charge in [0.25, 0.3) is 0 Å². The van der Waals surface area contributed by atoms with Crippen LogP contribution in [0.5, 0.6) is 0 Å². The molecule has 1 aliphatic heterocycles. The van der Waals surface area contributed by atoms with Gasteiger partial charge in [-0.15, -0.1) is 11.8 Å². The van der Waals surface area contributed by atoms with Crippen LogP contribution in [0.15, 0.2) is 60.0 Å². The van der Waals surface area contributed by atoms with Crippen LogP contribution in [0.3, 0.4) is 0 Å². The molecule has 0 radical (unpaired) electrons. The van der Waals surface area contributed by atoms with Crippen molar-refractivity contribution in [3.8, 4) is 11.1 Å². The molecule has 1 aromatic heterocycles. The van der Waals surface area contributed by atoms with Gasteiger partial charge in [0.2, 0.25) is 0 Å². The second kappa shape index (κ2) is 7.40. The maximum Gasteiger partial charge on any atom is 0.414 e. The molecule has 1 fully saturated rings. The van der Waals surface area contributed by atoms with Crippen molar-refractivity contribution < 1.29 is 13.9 Å². The SMILES string of the molecule is CSc1ccc(-c2ccc(N3C[C@H](Cn4cncn4)OC3=O)cc2F)cc1. The molecule has 8 heteroatoms. The Morgan fingerprint density at radius 2 is 2.07 bits per heavy atom. The zero-order valence-corrected chi connectivity index (χ0v) is 15.4. The molecule has 4 rings (SSSR count). The molecular weight excluding hydrogens is 367 g/mol. The minimum atomic E-state index is -0.489. The van der Waals surface area contributed by atoms with Gasteiger partial charge in [0.05, 0.1) is 18.8 Å². The van der Waals surface area contributed by atoms with Crippen molar-refractivity contribution in [2.75, 3.05) is 17.7 Å². The highest BCUT2D eigenvalue weighted by Crippen LogP contribution is 2.30. The summed E-state index contributed by atoms with van der Waals surface area (Å²) in [5, 5.41) is 4.01. The van der Waals surface area contributed by atoms with Gasteiger partial charge >= 0.3 is 6.09 Å². The first kappa shape index (κ1) is 17.5. The van der Waals surface area contributed by atoms with Crippen LogP contribution in [-0.4, -0.2) is 39.8 Å². The maximum absolute atomic E-state index is 14.7. The van der Waals surface area contributed by atoms with Gasteiger partial charge in [0.15, 0.2) is 0 Å². The standard InChI is InChI=1S/C19H17FN4O2S/c1-27-16-5-2-13(3-6-16)17-7-4-14(8-18(17)20)24-10-15(26-19(24)25)9-23-12-21-11-22-23/h2-8,11-12,15H,9-10H2,1H3/t15-/m0/s1. The van der Waals surface area contributed by atoms with E-state index in [-0.39, 0.29) is 11.9 Å². The van der Waals surface area contributed by atoms with E-state index in [4.69, 9.17) is 4.74 Å². The van der Waals surface area contributed by atoms with Crippen LogP contribution in [0.1, 0.15) is 0 Å². The average molecular weight is 384 g/mol. The van der Waals surface area contributed by atoms with Crippen molar-refractivity contribution in [3.63, 3.8) is 0 Å². The smallest absolute Gasteiger partial charge is 0.414 e. The monoisotopic (exact) mass is 384 g/mol. The van der Waals surface area contributed by atoms with Crippen LogP contribution in [0.4, 0.5) is 14.9 Å². The van der Waals surface area contributed by atoms with Crippen molar-refractivity contribution in [1.82, 2.24) is 14.8 Å². The fourth-order valence-corrected chi connectivity index (χ4v) is 3.45. The molecule has 2 aromatic carbocycles. The van der Waals surface area contributed by atoms with Crippen LogP contribution in [0, 0.1) is 5.82 Å². The number of rotatable bonds is 5. The largest absolute Gasteiger partial charge is 0.442 e. The summed E-state index contributed by atoms with van der Waals surface area (Å²) in [6, 6.07) is 12.5. The molecule has 0 aliphatic carbocycles. The van der Waals surface area contributed by atoms with E-state index in [0.717, 1.165) is 10.5 Å². The first-order valence-corrected chi connectivity index (χ1v) is 9.61. The van der Waals surface area contributed by atoms with Crippen LogP contribution in [0.25, 0.3) is 11.1 Å². The average Bonchev–Trinajstić information content (AvgIpc) is 3.31. The van der Waals surface area contributed by atoms with Crippen molar-refractivity contribution >= 4 is 23.5 Å². The number of hydrogen-bond donors (Lipinski definition) is 0. The highest BCUT2D eigenvalue weighted by Gasteiger charge is 2.33. The highest BCUT2D eigenvalue weighted by molar-refractivity contribution is 7.98. The van der Waals surface area contributed by atoms with E-state index in [9.17, 15) is 9.18 Å². The van der Waals surface area contributed by atoms with Gasteiger partial charge in [0.1, 0.15) is 24.6 Å². The summed E-state index contributed by atoms with van der Waals surface area (Å²) in [5.74, 6) is -0.378. The zero-order chi connectivity index (χ0) is 18.8. The van der Waals surface area contributed by atoms with Gasteiger partial charge in [-0.05, 0) is 42.2 Å². The lowest BCUT2D eigenvalue weighted by atomic mass is 10.0. The molecule has 27 heavy (non-hydrogen) atoms. The molecule has 1 aliphatic rings. The molecule has 1 atom stereocenters. The summed E-state index contributed by atoms with van der Waals surface area (Å²) in [5.41, 5.74) is 1.77. The number of halogens is 1. The van der Waals surface area contributed by atoms with Crippen molar-refractivity contribution in [1.29, 1.82) is 0 Å². The van der Waals surface area contributed by atoms with E-state index in [0.29, 0.717) is 24.3 Å². The number of amides is 1. The molecule has 138 valence electrons. The predicted octanol–water partition coefficient (Wildman–Crippen LogP) is 3.83. The van der Waals surface area contributed by atoms with E-state index in [2.05, 4.69) is 10.1 Å². The van der Waals surface area contributed by atoms with Gasteiger partial charge in [0, 0.05) is 10.5 Å². The second-order valence-electron chi connectivity index (χ2n) is 6.13. The van der Waals surface area contributed by atoms with Crippen LogP contribution >= 0.6 is 11.8 Å². The zero-order valence-electron chi connectivity index (χ0n) is 14.6. The summed E-state index contributed by atoms with van der Waals surface area (Å²) in [6.07, 6.45) is 4.13. The van der Waals surface area contributed by atoms with Gasteiger partial charge in [-0.1, -0.05) is 12.1 Å². The van der Waals surface area contributed by atoms with Crippen molar-refractivity contribution in [2.24, 2.45) is 0 Å².